The van der Waals surface area contributed by atoms with Crippen LogP contribution in [0.15, 0.2) is 40.1 Å². The summed E-state index contributed by atoms with van der Waals surface area (Å²) in [5.74, 6) is 0.666. The predicted octanol–water partition coefficient (Wildman–Crippen LogP) is 3.80. The molecule has 0 bridgehead atoms. The van der Waals surface area contributed by atoms with E-state index in [0.29, 0.717) is 5.92 Å². The lowest BCUT2D eigenvalue weighted by Gasteiger charge is -2.03. The normalized spacial score (nSPS) is 15.4. The molecular formula is C12H11BrN2S. The summed E-state index contributed by atoms with van der Waals surface area (Å²) in [5.41, 5.74) is 2.27. The summed E-state index contributed by atoms with van der Waals surface area (Å²) in [6, 6.07) is 8.16. The highest BCUT2D eigenvalue weighted by Gasteiger charge is 2.26. The van der Waals surface area contributed by atoms with Gasteiger partial charge in [0.05, 0.1) is 5.69 Å². The van der Waals surface area contributed by atoms with Crippen molar-refractivity contribution in [1.29, 1.82) is 0 Å². The number of rotatable bonds is 2. The Morgan fingerprint density at radius 2 is 2.19 bits per heavy atom. The van der Waals surface area contributed by atoms with Crippen molar-refractivity contribution in [2.75, 3.05) is 0 Å². The maximum atomic E-state index is 4.49. The standard InChI is InChI=1S/C12H11BrN2S/c13-9-2-1-3-10(6-9)15-7-11(8-4-5-8)14-12(15)16/h1-3,6-8H,4-5H2,(H,14,16). The van der Waals surface area contributed by atoms with Gasteiger partial charge in [0.2, 0.25) is 0 Å². The molecule has 3 rings (SSSR count). The lowest BCUT2D eigenvalue weighted by atomic mass is 10.3. The van der Waals surface area contributed by atoms with Crippen LogP contribution in [0, 0.1) is 0 Å². The van der Waals surface area contributed by atoms with Crippen LogP contribution in [0.2, 0.25) is 0 Å². The largest absolute Gasteiger partial charge is 0.295 e. The minimum Gasteiger partial charge on any atom is -0.295 e. The highest BCUT2D eigenvalue weighted by molar-refractivity contribution is 9.10. The Morgan fingerprint density at radius 3 is 2.88 bits per heavy atom. The van der Waals surface area contributed by atoms with Crippen LogP contribution in [-0.4, -0.2) is 9.55 Å². The van der Waals surface area contributed by atoms with Gasteiger partial charge in [-0.05, 0) is 31.0 Å². The molecule has 1 aromatic carbocycles. The second kappa shape index (κ2) is 3.93. The summed E-state index contributed by atoms with van der Waals surface area (Å²) >= 11 is 7.90. The van der Waals surface area contributed by atoms with Crippen molar-refractivity contribution >= 4 is 28.6 Å². The van der Waals surface area contributed by atoms with Gasteiger partial charge in [0.15, 0.2) is 5.16 Å². The Morgan fingerprint density at radius 1 is 1.38 bits per heavy atom. The number of nitrogens with zero attached hydrogens (tertiary/aromatic N) is 2. The van der Waals surface area contributed by atoms with E-state index in [4.69, 9.17) is 0 Å². The molecule has 1 heterocycles. The average Bonchev–Trinajstić information content (AvgIpc) is 3.02. The van der Waals surface area contributed by atoms with E-state index in [1.54, 1.807) is 0 Å². The fourth-order valence-electron chi connectivity index (χ4n) is 1.78. The van der Waals surface area contributed by atoms with Gasteiger partial charge in [0.25, 0.3) is 0 Å². The highest BCUT2D eigenvalue weighted by Crippen LogP contribution is 2.40. The third-order valence-electron chi connectivity index (χ3n) is 2.79. The summed E-state index contributed by atoms with van der Waals surface area (Å²) in [5, 5.41) is 0.764. The van der Waals surface area contributed by atoms with Gasteiger partial charge in [0.1, 0.15) is 0 Å². The molecule has 0 saturated heterocycles. The van der Waals surface area contributed by atoms with Crippen LogP contribution < -0.4 is 0 Å². The predicted molar refractivity (Wildman–Crippen MR) is 70.5 cm³/mol. The van der Waals surface area contributed by atoms with Crippen molar-refractivity contribution in [3.05, 3.63) is 40.6 Å². The van der Waals surface area contributed by atoms with Gasteiger partial charge in [-0.25, -0.2) is 4.98 Å². The average molecular weight is 295 g/mol. The van der Waals surface area contributed by atoms with Crippen LogP contribution in [-0.2, 0) is 0 Å². The minimum atomic E-state index is 0.666. The summed E-state index contributed by atoms with van der Waals surface area (Å²) < 4.78 is 3.10. The summed E-state index contributed by atoms with van der Waals surface area (Å²) in [6.07, 6.45) is 4.63. The monoisotopic (exact) mass is 294 g/mol. The zero-order valence-corrected chi connectivity index (χ0v) is 11.1. The minimum absolute atomic E-state index is 0.666. The lowest BCUT2D eigenvalue weighted by Crippen LogP contribution is -1.92. The molecule has 0 amide bonds. The van der Waals surface area contributed by atoms with E-state index in [-0.39, 0.29) is 0 Å². The molecule has 2 aromatic rings. The van der Waals surface area contributed by atoms with Crippen molar-refractivity contribution in [3.8, 4) is 5.69 Å². The molecule has 0 unspecified atom stereocenters. The topological polar surface area (TPSA) is 17.8 Å². The van der Waals surface area contributed by atoms with Gasteiger partial charge >= 0.3 is 0 Å². The van der Waals surface area contributed by atoms with Crippen LogP contribution >= 0.6 is 28.6 Å². The number of hydrogen-bond donors (Lipinski definition) is 1. The first-order valence-corrected chi connectivity index (χ1v) is 6.52. The van der Waals surface area contributed by atoms with E-state index in [1.807, 2.05) is 16.7 Å². The number of hydrogen-bond acceptors (Lipinski definition) is 2. The van der Waals surface area contributed by atoms with Gasteiger partial charge in [0, 0.05) is 22.3 Å². The first-order chi connectivity index (χ1) is 7.74. The van der Waals surface area contributed by atoms with Crippen LogP contribution in [0.3, 0.4) is 0 Å². The van der Waals surface area contributed by atoms with E-state index in [9.17, 15) is 0 Å². The summed E-state index contributed by atoms with van der Waals surface area (Å²) in [6.45, 7) is 0. The molecule has 82 valence electrons. The van der Waals surface area contributed by atoms with E-state index in [0.717, 1.165) is 15.3 Å². The molecule has 0 aliphatic heterocycles. The Labute approximate surface area is 108 Å². The quantitative estimate of drug-likeness (QED) is 0.834. The van der Waals surface area contributed by atoms with Crippen molar-refractivity contribution in [1.82, 2.24) is 9.55 Å². The molecule has 0 atom stereocenters. The van der Waals surface area contributed by atoms with Crippen LogP contribution in [0.1, 0.15) is 24.5 Å². The highest BCUT2D eigenvalue weighted by atomic mass is 79.9. The zero-order chi connectivity index (χ0) is 11.1. The first-order valence-electron chi connectivity index (χ1n) is 5.28. The number of halogens is 1. The zero-order valence-electron chi connectivity index (χ0n) is 8.60. The van der Waals surface area contributed by atoms with Gasteiger partial charge in [-0.1, -0.05) is 22.0 Å². The summed E-state index contributed by atoms with van der Waals surface area (Å²) in [4.78, 5) is 4.49. The number of thiol groups is 1. The lowest BCUT2D eigenvalue weighted by molar-refractivity contribution is 0.895. The fraction of sp³-hybridized carbons (Fsp3) is 0.250. The first kappa shape index (κ1) is 10.4. The molecular weight excluding hydrogens is 284 g/mol. The Bertz CT molecular complexity index is 532. The number of imidazole rings is 1. The third kappa shape index (κ3) is 1.92. The van der Waals surface area contributed by atoms with E-state index < -0.39 is 0 Å². The second-order valence-electron chi connectivity index (χ2n) is 4.09. The molecule has 4 heteroatoms. The van der Waals surface area contributed by atoms with Crippen LogP contribution in [0.5, 0.6) is 0 Å². The van der Waals surface area contributed by atoms with E-state index >= 15 is 0 Å². The molecule has 0 N–H and O–H groups in total. The van der Waals surface area contributed by atoms with Crippen LogP contribution in [0.25, 0.3) is 5.69 Å². The van der Waals surface area contributed by atoms with Crippen molar-refractivity contribution in [3.63, 3.8) is 0 Å². The van der Waals surface area contributed by atoms with Crippen molar-refractivity contribution < 1.29 is 0 Å². The third-order valence-corrected chi connectivity index (χ3v) is 3.60. The van der Waals surface area contributed by atoms with Gasteiger partial charge < -0.3 is 0 Å². The molecule has 16 heavy (non-hydrogen) atoms. The summed E-state index contributed by atoms with van der Waals surface area (Å²) in [7, 11) is 0. The molecule has 0 spiro atoms. The SMILES string of the molecule is Sc1nc(C2CC2)cn1-c1cccc(Br)c1. The van der Waals surface area contributed by atoms with Crippen LogP contribution in [0.4, 0.5) is 0 Å². The molecule has 0 radical (unpaired) electrons. The maximum absolute atomic E-state index is 4.49. The molecule has 1 fully saturated rings. The number of aromatic nitrogens is 2. The number of benzene rings is 1. The Balaban J connectivity index is 2.04. The second-order valence-corrected chi connectivity index (χ2v) is 5.41. The molecule has 1 aliphatic carbocycles. The molecule has 1 aromatic heterocycles. The molecule has 1 saturated carbocycles. The fourth-order valence-corrected chi connectivity index (χ4v) is 2.46. The molecule has 1 aliphatic rings. The van der Waals surface area contributed by atoms with Crippen molar-refractivity contribution in [2.45, 2.75) is 23.9 Å². The Hall–Kier alpha value is -0.740. The molecule has 2 nitrogen and oxygen atoms in total. The maximum Gasteiger partial charge on any atom is 0.169 e. The smallest absolute Gasteiger partial charge is 0.169 e. The van der Waals surface area contributed by atoms with Gasteiger partial charge in [-0.2, -0.15) is 0 Å². The van der Waals surface area contributed by atoms with Crippen molar-refractivity contribution in [2.24, 2.45) is 0 Å². The van der Waals surface area contributed by atoms with E-state index in [2.05, 4.69) is 51.9 Å². The van der Waals surface area contributed by atoms with E-state index in [1.165, 1.54) is 18.5 Å². The van der Waals surface area contributed by atoms with Gasteiger partial charge in [-0.3, -0.25) is 4.57 Å². The van der Waals surface area contributed by atoms with Gasteiger partial charge in [-0.15, -0.1) is 12.6 Å². The Kier molecular flexibility index (Phi) is 2.56.